The first-order chi connectivity index (χ1) is 9.67. The molecule has 0 aliphatic carbocycles. The maximum atomic E-state index is 10.6. The Morgan fingerprint density at radius 2 is 2.10 bits per heavy atom. The third kappa shape index (κ3) is 5.75. The fraction of sp³-hybridized carbons (Fsp3) is 0.400. The summed E-state index contributed by atoms with van der Waals surface area (Å²) in [5.41, 5.74) is 0.684. The number of benzene rings is 1. The van der Waals surface area contributed by atoms with Crippen LogP contribution in [0.2, 0.25) is 0 Å². The number of hydrogen-bond donors (Lipinski definition) is 1. The monoisotopic (exact) mass is 280 g/mol. The van der Waals surface area contributed by atoms with E-state index in [-0.39, 0.29) is 0 Å². The van der Waals surface area contributed by atoms with Crippen molar-refractivity contribution in [1.82, 2.24) is 0 Å². The summed E-state index contributed by atoms with van der Waals surface area (Å²) in [5.74, 6) is 0.224. The lowest BCUT2D eigenvalue weighted by molar-refractivity contribution is -0.131. The van der Waals surface area contributed by atoms with Crippen molar-refractivity contribution in [3.8, 4) is 11.5 Å². The van der Waals surface area contributed by atoms with Crippen molar-refractivity contribution >= 4 is 12.0 Å². The molecule has 0 saturated heterocycles. The molecule has 1 aromatic rings. The summed E-state index contributed by atoms with van der Waals surface area (Å²) in [6, 6.07) is 5.23. The minimum atomic E-state index is -1.00. The smallest absolute Gasteiger partial charge is 0.328 e. The van der Waals surface area contributed by atoms with Crippen molar-refractivity contribution in [3.05, 3.63) is 29.8 Å². The summed E-state index contributed by atoms with van der Waals surface area (Å²) in [4.78, 5) is 10.6. The van der Waals surface area contributed by atoms with Crippen LogP contribution in [0.1, 0.15) is 18.9 Å². The van der Waals surface area contributed by atoms with Gasteiger partial charge in [-0.1, -0.05) is 6.92 Å². The molecule has 0 radical (unpaired) electrons. The van der Waals surface area contributed by atoms with Gasteiger partial charge in [0.1, 0.15) is 18.1 Å². The van der Waals surface area contributed by atoms with Gasteiger partial charge in [0.05, 0.1) is 13.7 Å². The second-order valence-electron chi connectivity index (χ2n) is 4.04. The minimum absolute atomic E-state index is 0.404. The minimum Gasteiger partial charge on any atom is -0.497 e. The van der Waals surface area contributed by atoms with Crippen molar-refractivity contribution in [2.24, 2.45) is 0 Å². The first-order valence-electron chi connectivity index (χ1n) is 6.47. The molecule has 0 atom stereocenters. The first kappa shape index (κ1) is 16.0. The molecule has 0 unspecified atom stereocenters. The maximum Gasteiger partial charge on any atom is 0.328 e. The van der Waals surface area contributed by atoms with E-state index in [0.29, 0.717) is 36.9 Å². The van der Waals surface area contributed by atoms with Crippen molar-refractivity contribution < 1.29 is 24.1 Å². The molecule has 0 aliphatic rings. The maximum absolute atomic E-state index is 10.6. The summed E-state index contributed by atoms with van der Waals surface area (Å²) >= 11 is 0. The van der Waals surface area contributed by atoms with Crippen molar-refractivity contribution in [2.75, 3.05) is 26.9 Å². The van der Waals surface area contributed by atoms with E-state index in [1.54, 1.807) is 25.3 Å². The lowest BCUT2D eigenvalue weighted by atomic mass is 10.1. The number of methoxy groups -OCH3 is 1. The van der Waals surface area contributed by atoms with Gasteiger partial charge in [-0.05, 0) is 24.6 Å². The van der Waals surface area contributed by atoms with Gasteiger partial charge in [-0.2, -0.15) is 0 Å². The molecule has 5 heteroatoms. The van der Waals surface area contributed by atoms with Crippen LogP contribution < -0.4 is 9.47 Å². The molecule has 0 fully saturated rings. The third-order valence-corrected chi connectivity index (χ3v) is 2.46. The second kappa shape index (κ2) is 8.98. The first-order valence-corrected chi connectivity index (χ1v) is 6.47. The normalized spacial score (nSPS) is 10.7. The molecular weight excluding hydrogens is 260 g/mol. The van der Waals surface area contributed by atoms with E-state index in [0.717, 1.165) is 12.5 Å². The molecule has 0 bridgehead atoms. The Morgan fingerprint density at radius 3 is 2.75 bits per heavy atom. The SMILES string of the molecule is CCCOCCOc1cc(OC)ccc1/C=C/C(=O)O. The third-order valence-electron chi connectivity index (χ3n) is 2.46. The molecule has 5 nitrogen and oxygen atoms in total. The van der Waals surface area contributed by atoms with Crippen LogP contribution in [0.5, 0.6) is 11.5 Å². The lowest BCUT2D eigenvalue weighted by Gasteiger charge is -2.11. The van der Waals surface area contributed by atoms with E-state index in [2.05, 4.69) is 0 Å². The molecule has 0 amide bonds. The predicted octanol–water partition coefficient (Wildman–Crippen LogP) is 2.60. The molecule has 1 aromatic carbocycles. The summed E-state index contributed by atoms with van der Waals surface area (Å²) in [6.07, 6.45) is 3.53. The predicted molar refractivity (Wildman–Crippen MR) is 76.3 cm³/mol. The molecule has 0 heterocycles. The number of carboxylic acids is 1. The largest absolute Gasteiger partial charge is 0.497 e. The Balaban J connectivity index is 2.70. The van der Waals surface area contributed by atoms with E-state index >= 15 is 0 Å². The highest BCUT2D eigenvalue weighted by Gasteiger charge is 2.04. The van der Waals surface area contributed by atoms with E-state index < -0.39 is 5.97 Å². The second-order valence-corrected chi connectivity index (χ2v) is 4.04. The molecule has 1 rings (SSSR count). The van der Waals surface area contributed by atoms with Crippen LogP contribution in [0.3, 0.4) is 0 Å². The number of rotatable bonds is 9. The highest BCUT2D eigenvalue weighted by Crippen LogP contribution is 2.26. The van der Waals surface area contributed by atoms with Gasteiger partial charge in [0.2, 0.25) is 0 Å². The number of carbonyl (C=O) groups is 1. The van der Waals surface area contributed by atoms with E-state index in [9.17, 15) is 4.79 Å². The molecule has 0 saturated carbocycles. The number of carboxylic acid groups (broad SMARTS) is 1. The zero-order valence-electron chi connectivity index (χ0n) is 11.8. The highest BCUT2D eigenvalue weighted by atomic mass is 16.5. The van der Waals surface area contributed by atoms with Crippen LogP contribution in [0.4, 0.5) is 0 Å². The zero-order valence-corrected chi connectivity index (χ0v) is 11.8. The van der Waals surface area contributed by atoms with Crippen molar-refractivity contribution in [3.63, 3.8) is 0 Å². The van der Waals surface area contributed by atoms with Gasteiger partial charge in [-0.3, -0.25) is 0 Å². The Kier molecular flexibility index (Phi) is 7.21. The molecule has 0 aliphatic heterocycles. The standard InChI is InChI=1S/C15H20O5/c1-3-8-19-9-10-20-14-11-13(18-2)6-4-12(14)5-7-15(16)17/h4-7,11H,3,8-10H2,1-2H3,(H,16,17)/b7-5+. The number of hydrogen-bond acceptors (Lipinski definition) is 4. The van der Waals surface area contributed by atoms with Crippen LogP contribution in [-0.2, 0) is 9.53 Å². The summed E-state index contributed by atoms with van der Waals surface area (Å²) in [7, 11) is 1.57. The molecule has 20 heavy (non-hydrogen) atoms. The fourth-order valence-corrected chi connectivity index (χ4v) is 1.52. The van der Waals surface area contributed by atoms with Crippen LogP contribution in [0.25, 0.3) is 6.08 Å². The topological polar surface area (TPSA) is 65.0 Å². The van der Waals surface area contributed by atoms with Crippen LogP contribution in [0.15, 0.2) is 24.3 Å². The van der Waals surface area contributed by atoms with Gasteiger partial charge in [0, 0.05) is 24.3 Å². The summed E-state index contributed by atoms with van der Waals surface area (Å²) < 4.78 is 16.1. The molecule has 1 N–H and O–H groups in total. The quantitative estimate of drug-likeness (QED) is 0.556. The van der Waals surface area contributed by atoms with Gasteiger partial charge in [0.15, 0.2) is 0 Å². The van der Waals surface area contributed by atoms with Gasteiger partial charge >= 0.3 is 5.97 Å². The highest BCUT2D eigenvalue weighted by molar-refractivity contribution is 5.86. The van der Waals surface area contributed by atoms with Gasteiger partial charge in [-0.15, -0.1) is 0 Å². The summed E-state index contributed by atoms with van der Waals surface area (Å²) in [5, 5.41) is 8.67. The van der Waals surface area contributed by atoms with Crippen LogP contribution in [-0.4, -0.2) is 38.0 Å². The Bertz CT molecular complexity index is 454. The molecule has 110 valence electrons. The molecular formula is C15H20O5. The fourth-order valence-electron chi connectivity index (χ4n) is 1.52. The Morgan fingerprint density at radius 1 is 1.30 bits per heavy atom. The average Bonchev–Trinajstić information content (AvgIpc) is 2.45. The number of aliphatic carboxylic acids is 1. The van der Waals surface area contributed by atoms with Crippen LogP contribution in [0, 0.1) is 0 Å². The van der Waals surface area contributed by atoms with Gasteiger partial charge in [0.25, 0.3) is 0 Å². The molecule has 0 aromatic heterocycles. The Hall–Kier alpha value is -2.01. The van der Waals surface area contributed by atoms with E-state index in [1.165, 1.54) is 6.08 Å². The molecule has 0 spiro atoms. The van der Waals surface area contributed by atoms with Gasteiger partial charge in [-0.25, -0.2) is 4.79 Å². The zero-order chi connectivity index (χ0) is 14.8. The van der Waals surface area contributed by atoms with E-state index in [4.69, 9.17) is 19.3 Å². The van der Waals surface area contributed by atoms with Crippen molar-refractivity contribution in [1.29, 1.82) is 0 Å². The summed E-state index contributed by atoms with van der Waals surface area (Å²) in [6.45, 7) is 3.64. The average molecular weight is 280 g/mol. The van der Waals surface area contributed by atoms with E-state index in [1.807, 2.05) is 6.92 Å². The lowest BCUT2D eigenvalue weighted by Crippen LogP contribution is -2.08. The Labute approximate surface area is 118 Å². The van der Waals surface area contributed by atoms with Gasteiger partial charge < -0.3 is 19.3 Å². The van der Waals surface area contributed by atoms with Crippen molar-refractivity contribution in [2.45, 2.75) is 13.3 Å². The van der Waals surface area contributed by atoms with Crippen LogP contribution >= 0.6 is 0 Å². The number of ether oxygens (including phenoxy) is 3.